The first kappa shape index (κ1) is 13.5. The maximum atomic E-state index is 13.6. The lowest BCUT2D eigenvalue weighted by molar-refractivity contribution is -0.136. The highest BCUT2D eigenvalue weighted by Crippen LogP contribution is 2.40. The number of rotatable bonds is 4. The SMILES string of the molecule is CC=CC(C)(C)C(F)C(F)(F)C(C)C. The predicted molar refractivity (Wildman–Crippen MR) is 53.3 cm³/mol. The van der Waals surface area contributed by atoms with Crippen LogP contribution in [-0.4, -0.2) is 12.1 Å². The maximum absolute atomic E-state index is 13.6. The number of alkyl halides is 3. The van der Waals surface area contributed by atoms with E-state index in [4.69, 9.17) is 0 Å². The Morgan fingerprint density at radius 3 is 1.86 bits per heavy atom. The predicted octanol–water partition coefficient (Wildman–Crippen LogP) is 4.22. The van der Waals surface area contributed by atoms with Crippen molar-refractivity contribution < 1.29 is 13.2 Å². The minimum absolute atomic E-state index is 0.984. The lowest BCUT2D eigenvalue weighted by Gasteiger charge is -2.33. The molecule has 0 aliphatic heterocycles. The third-order valence-electron chi connectivity index (χ3n) is 2.36. The molecule has 0 aromatic carbocycles. The topological polar surface area (TPSA) is 0 Å². The highest BCUT2D eigenvalue weighted by Gasteiger charge is 2.49. The van der Waals surface area contributed by atoms with Crippen molar-refractivity contribution >= 4 is 0 Å². The van der Waals surface area contributed by atoms with Crippen molar-refractivity contribution in [1.29, 1.82) is 0 Å². The minimum Gasteiger partial charge on any atom is -0.240 e. The first-order valence-corrected chi connectivity index (χ1v) is 4.82. The van der Waals surface area contributed by atoms with Gasteiger partial charge in [0.15, 0.2) is 6.17 Å². The summed E-state index contributed by atoms with van der Waals surface area (Å²) in [5.41, 5.74) is -1.12. The number of hydrogen-bond donors (Lipinski definition) is 0. The Kier molecular flexibility index (Phi) is 4.22. The van der Waals surface area contributed by atoms with Crippen LogP contribution in [0.25, 0.3) is 0 Å². The van der Waals surface area contributed by atoms with E-state index in [0.717, 1.165) is 0 Å². The van der Waals surface area contributed by atoms with E-state index < -0.39 is 23.4 Å². The van der Waals surface area contributed by atoms with Crippen LogP contribution in [0.1, 0.15) is 34.6 Å². The van der Waals surface area contributed by atoms with Crippen LogP contribution in [0.4, 0.5) is 13.2 Å². The second-order valence-electron chi connectivity index (χ2n) is 4.51. The number of allylic oxidation sites excluding steroid dienone is 2. The lowest BCUT2D eigenvalue weighted by atomic mass is 9.80. The van der Waals surface area contributed by atoms with Gasteiger partial charge in [0.05, 0.1) is 0 Å². The fourth-order valence-corrected chi connectivity index (χ4v) is 1.30. The van der Waals surface area contributed by atoms with E-state index in [-0.39, 0.29) is 0 Å². The molecule has 0 aromatic heterocycles. The summed E-state index contributed by atoms with van der Waals surface area (Å²) in [6.07, 6.45) is 0.933. The second-order valence-corrected chi connectivity index (χ2v) is 4.51. The van der Waals surface area contributed by atoms with Gasteiger partial charge in [0.2, 0.25) is 0 Å². The Balaban J connectivity index is 4.84. The van der Waals surface area contributed by atoms with Gasteiger partial charge in [-0.25, -0.2) is 13.2 Å². The molecule has 14 heavy (non-hydrogen) atoms. The highest BCUT2D eigenvalue weighted by atomic mass is 19.3. The molecule has 1 atom stereocenters. The molecule has 3 heteroatoms. The highest BCUT2D eigenvalue weighted by molar-refractivity contribution is 5.02. The van der Waals surface area contributed by atoms with Crippen molar-refractivity contribution in [1.82, 2.24) is 0 Å². The third kappa shape index (κ3) is 2.76. The zero-order valence-electron chi connectivity index (χ0n) is 9.44. The molecule has 0 saturated carbocycles. The fraction of sp³-hybridized carbons (Fsp3) is 0.818. The third-order valence-corrected chi connectivity index (χ3v) is 2.36. The molecule has 0 fully saturated rings. The van der Waals surface area contributed by atoms with E-state index in [9.17, 15) is 13.2 Å². The Labute approximate surface area is 84.2 Å². The first-order valence-electron chi connectivity index (χ1n) is 4.82. The van der Waals surface area contributed by atoms with Gasteiger partial charge in [0.1, 0.15) is 0 Å². The zero-order valence-corrected chi connectivity index (χ0v) is 9.44. The quantitative estimate of drug-likeness (QED) is 0.607. The summed E-state index contributed by atoms with van der Waals surface area (Å²) in [4.78, 5) is 0. The normalized spacial score (nSPS) is 16.6. The van der Waals surface area contributed by atoms with Gasteiger partial charge in [-0.3, -0.25) is 0 Å². The van der Waals surface area contributed by atoms with Crippen LogP contribution < -0.4 is 0 Å². The van der Waals surface area contributed by atoms with Gasteiger partial charge in [-0.1, -0.05) is 39.8 Å². The summed E-state index contributed by atoms with van der Waals surface area (Å²) in [7, 11) is 0. The van der Waals surface area contributed by atoms with Crippen LogP contribution in [0.5, 0.6) is 0 Å². The Bertz CT molecular complexity index is 205. The summed E-state index contributed by atoms with van der Waals surface area (Å²) in [6.45, 7) is 7.32. The molecule has 0 aliphatic rings. The van der Waals surface area contributed by atoms with E-state index in [1.807, 2.05) is 0 Å². The van der Waals surface area contributed by atoms with Gasteiger partial charge in [-0.15, -0.1) is 0 Å². The summed E-state index contributed by atoms with van der Waals surface area (Å²) in [5, 5.41) is 0. The molecule has 0 radical (unpaired) electrons. The molecule has 0 aliphatic carbocycles. The summed E-state index contributed by atoms with van der Waals surface area (Å²) < 4.78 is 40.3. The summed E-state index contributed by atoms with van der Waals surface area (Å²) >= 11 is 0. The molecule has 1 unspecified atom stereocenters. The number of halogens is 3. The van der Waals surface area contributed by atoms with Crippen LogP contribution in [0.3, 0.4) is 0 Å². The fourth-order valence-electron chi connectivity index (χ4n) is 1.30. The van der Waals surface area contributed by atoms with Gasteiger partial charge >= 0.3 is 0 Å². The molecule has 0 rings (SSSR count). The minimum atomic E-state index is -3.27. The average molecular weight is 208 g/mol. The lowest BCUT2D eigenvalue weighted by Crippen LogP contribution is -2.44. The monoisotopic (exact) mass is 208 g/mol. The van der Waals surface area contributed by atoms with E-state index in [1.54, 1.807) is 13.0 Å². The van der Waals surface area contributed by atoms with Crippen LogP contribution in [0, 0.1) is 11.3 Å². The summed E-state index contributed by atoms with van der Waals surface area (Å²) in [6, 6.07) is 0. The van der Waals surface area contributed by atoms with Crippen molar-refractivity contribution in [3.8, 4) is 0 Å². The van der Waals surface area contributed by atoms with E-state index in [0.29, 0.717) is 0 Å². The van der Waals surface area contributed by atoms with Gasteiger partial charge in [-0.05, 0) is 6.92 Å². The largest absolute Gasteiger partial charge is 0.281 e. The molecule has 0 saturated heterocycles. The van der Waals surface area contributed by atoms with Crippen LogP contribution in [-0.2, 0) is 0 Å². The molecule has 0 N–H and O–H groups in total. The Morgan fingerprint density at radius 2 is 1.57 bits per heavy atom. The zero-order chi connectivity index (χ0) is 11.6. The molecular formula is C11H19F3. The van der Waals surface area contributed by atoms with E-state index >= 15 is 0 Å². The Hall–Kier alpha value is -0.470. The standard InChI is InChI=1S/C11H19F3/c1-6-7-10(4,5)9(12)11(13,14)8(2)3/h6-9H,1-5H3. The summed E-state index contributed by atoms with van der Waals surface area (Å²) in [5.74, 6) is -4.26. The van der Waals surface area contributed by atoms with Gasteiger partial charge in [0, 0.05) is 11.3 Å². The molecule has 0 aromatic rings. The maximum Gasteiger partial charge on any atom is 0.281 e. The van der Waals surface area contributed by atoms with Gasteiger partial charge in [-0.2, -0.15) is 0 Å². The molecule has 0 nitrogen and oxygen atoms in total. The molecule has 0 bridgehead atoms. The molecule has 84 valence electrons. The van der Waals surface area contributed by atoms with Crippen LogP contribution >= 0.6 is 0 Å². The molecular weight excluding hydrogens is 189 g/mol. The molecule has 0 amide bonds. The first-order chi connectivity index (χ1) is 6.16. The second kappa shape index (κ2) is 4.37. The van der Waals surface area contributed by atoms with E-state index in [2.05, 4.69) is 0 Å². The van der Waals surface area contributed by atoms with Crippen molar-refractivity contribution in [3.05, 3.63) is 12.2 Å². The molecule has 0 spiro atoms. The Morgan fingerprint density at radius 1 is 1.14 bits per heavy atom. The molecule has 0 heterocycles. The van der Waals surface area contributed by atoms with Crippen LogP contribution in [0.2, 0.25) is 0 Å². The van der Waals surface area contributed by atoms with Crippen LogP contribution in [0.15, 0.2) is 12.2 Å². The van der Waals surface area contributed by atoms with E-state index in [1.165, 1.54) is 33.8 Å². The smallest absolute Gasteiger partial charge is 0.240 e. The van der Waals surface area contributed by atoms with Gasteiger partial charge in [0.25, 0.3) is 5.92 Å². The van der Waals surface area contributed by atoms with Gasteiger partial charge < -0.3 is 0 Å². The van der Waals surface area contributed by atoms with Crippen molar-refractivity contribution in [2.45, 2.75) is 46.7 Å². The van der Waals surface area contributed by atoms with Crippen molar-refractivity contribution in [2.75, 3.05) is 0 Å². The average Bonchev–Trinajstić information content (AvgIpc) is 2.02. The number of hydrogen-bond acceptors (Lipinski definition) is 0. The van der Waals surface area contributed by atoms with Crippen molar-refractivity contribution in [2.24, 2.45) is 11.3 Å². The van der Waals surface area contributed by atoms with Crippen molar-refractivity contribution in [3.63, 3.8) is 0 Å².